The SMILES string of the molecule is C[C@H]1C[C@H](C)C[NH+](C2CCN(C(=O)c3cccc(F)c3)CC2)C1. The highest BCUT2D eigenvalue weighted by Gasteiger charge is 2.34. The van der Waals surface area contributed by atoms with Gasteiger partial charge in [0.1, 0.15) is 5.82 Å². The van der Waals surface area contributed by atoms with Gasteiger partial charge in [0.05, 0.1) is 19.1 Å². The normalized spacial score (nSPS) is 29.5. The van der Waals surface area contributed by atoms with Crippen molar-refractivity contribution in [2.75, 3.05) is 26.2 Å². The van der Waals surface area contributed by atoms with E-state index in [2.05, 4.69) is 13.8 Å². The molecule has 2 heterocycles. The largest absolute Gasteiger partial charge is 0.338 e. The third-order valence-electron chi connectivity index (χ3n) is 5.46. The molecular formula is C19H28FN2O+. The molecule has 0 aromatic heterocycles. The van der Waals surface area contributed by atoms with Crippen LogP contribution in [0, 0.1) is 17.7 Å². The lowest BCUT2D eigenvalue weighted by Crippen LogP contribution is -3.18. The van der Waals surface area contributed by atoms with Crippen LogP contribution in [-0.2, 0) is 0 Å². The fourth-order valence-corrected chi connectivity index (χ4v) is 4.46. The molecule has 4 heteroatoms. The van der Waals surface area contributed by atoms with E-state index in [0.29, 0.717) is 11.6 Å². The van der Waals surface area contributed by atoms with Crippen LogP contribution in [-0.4, -0.2) is 43.0 Å². The third kappa shape index (κ3) is 3.92. The first-order valence-corrected chi connectivity index (χ1v) is 8.92. The van der Waals surface area contributed by atoms with Crippen LogP contribution < -0.4 is 4.90 Å². The minimum absolute atomic E-state index is 0.0293. The second kappa shape index (κ2) is 7.00. The minimum atomic E-state index is -0.341. The van der Waals surface area contributed by atoms with Crippen molar-refractivity contribution in [3.8, 4) is 0 Å². The van der Waals surface area contributed by atoms with Crippen molar-refractivity contribution in [3.05, 3.63) is 35.6 Å². The molecule has 2 aliphatic rings. The molecule has 1 aromatic carbocycles. The van der Waals surface area contributed by atoms with Gasteiger partial charge < -0.3 is 9.80 Å². The van der Waals surface area contributed by atoms with E-state index >= 15 is 0 Å². The van der Waals surface area contributed by atoms with Crippen LogP contribution in [0.5, 0.6) is 0 Å². The number of hydrogen-bond donors (Lipinski definition) is 1. The smallest absolute Gasteiger partial charge is 0.253 e. The number of halogens is 1. The first-order valence-electron chi connectivity index (χ1n) is 8.92. The van der Waals surface area contributed by atoms with E-state index in [4.69, 9.17) is 0 Å². The first kappa shape index (κ1) is 16.4. The second-order valence-corrected chi connectivity index (χ2v) is 7.59. The zero-order valence-corrected chi connectivity index (χ0v) is 14.2. The summed E-state index contributed by atoms with van der Waals surface area (Å²) in [4.78, 5) is 16.1. The highest BCUT2D eigenvalue weighted by Crippen LogP contribution is 2.17. The quantitative estimate of drug-likeness (QED) is 0.886. The summed E-state index contributed by atoms with van der Waals surface area (Å²) in [5.41, 5.74) is 0.469. The Hall–Kier alpha value is -1.42. The molecule has 1 N–H and O–H groups in total. The van der Waals surface area contributed by atoms with Gasteiger partial charge in [-0.2, -0.15) is 0 Å². The zero-order valence-electron chi connectivity index (χ0n) is 14.2. The number of piperidine rings is 2. The number of nitrogens with one attached hydrogen (secondary N) is 1. The van der Waals surface area contributed by atoms with Crippen LogP contribution in [0.25, 0.3) is 0 Å². The van der Waals surface area contributed by atoms with E-state index in [1.807, 2.05) is 4.90 Å². The maximum atomic E-state index is 13.3. The predicted molar refractivity (Wildman–Crippen MR) is 89.0 cm³/mol. The third-order valence-corrected chi connectivity index (χ3v) is 5.46. The molecule has 2 aliphatic heterocycles. The molecule has 126 valence electrons. The maximum absolute atomic E-state index is 13.3. The van der Waals surface area contributed by atoms with Crippen LogP contribution in [0.2, 0.25) is 0 Å². The van der Waals surface area contributed by atoms with E-state index in [0.717, 1.165) is 37.8 Å². The van der Waals surface area contributed by atoms with Gasteiger partial charge in [0.25, 0.3) is 5.91 Å². The molecule has 0 radical (unpaired) electrons. The Balaban J connectivity index is 1.57. The Morgan fingerprint density at radius 3 is 2.43 bits per heavy atom. The number of carbonyl (C=O) groups is 1. The summed E-state index contributed by atoms with van der Waals surface area (Å²) < 4.78 is 13.3. The summed E-state index contributed by atoms with van der Waals surface area (Å²) in [5, 5.41) is 0. The lowest BCUT2D eigenvalue weighted by Gasteiger charge is -2.41. The van der Waals surface area contributed by atoms with Crippen molar-refractivity contribution in [1.29, 1.82) is 0 Å². The maximum Gasteiger partial charge on any atom is 0.253 e. The molecule has 0 saturated carbocycles. The molecule has 0 aliphatic carbocycles. The van der Waals surface area contributed by atoms with Crippen molar-refractivity contribution in [2.45, 2.75) is 39.2 Å². The summed E-state index contributed by atoms with van der Waals surface area (Å²) in [7, 11) is 0. The molecule has 1 aromatic rings. The van der Waals surface area contributed by atoms with E-state index in [1.165, 1.54) is 31.6 Å². The van der Waals surface area contributed by atoms with Gasteiger partial charge in [-0.25, -0.2) is 4.39 Å². The first-order chi connectivity index (χ1) is 11.0. The fourth-order valence-electron chi connectivity index (χ4n) is 4.46. The van der Waals surface area contributed by atoms with Gasteiger partial charge in [-0.15, -0.1) is 0 Å². The number of hydrogen-bond acceptors (Lipinski definition) is 1. The van der Waals surface area contributed by atoms with Gasteiger partial charge in [0, 0.05) is 43.3 Å². The minimum Gasteiger partial charge on any atom is -0.338 e. The van der Waals surface area contributed by atoms with Gasteiger partial charge in [-0.3, -0.25) is 4.79 Å². The molecule has 3 nitrogen and oxygen atoms in total. The zero-order chi connectivity index (χ0) is 16.4. The monoisotopic (exact) mass is 319 g/mol. The van der Waals surface area contributed by atoms with Gasteiger partial charge in [0.15, 0.2) is 0 Å². The van der Waals surface area contributed by atoms with Crippen LogP contribution in [0.3, 0.4) is 0 Å². The van der Waals surface area contributed by atoms with E-state index in [-0.39, 0.29) is 11.7 Å². The number of amides is 1. The highest BCUT2D eigenvalue weighted by molar-refractivity contribution is 5.94. The summed E-state index contributed by atoms with van der Waals surface area (Å²) in [6.45, 7) is 8.86. The van der Waals surface area contributed by atoms with Crippen molar-refractivity contribution < 1.29 is 14.1 Å². The van der Waals surface area contributed by atoms with E-state index in [1.54, 1.807) is 17.0 Å². The number of carbonyl (C=O) groups excluding carboxylic acids is 1. The Labute approximate surface area is 138 Å². The fraction of sp³-hybridized carbons (Fsp3) is 0.632. The number of benzene rings is 1. The molecule has 3 rings (SSSR count). The predicted octanol–water partition coefficient (Wildman–Crippen LogP) is 1.99. The molecule has 0 unspecified atom stereocenters. The van der Waals surface area contributed by atoms with Crippen molar-refractivity contribution >= 4 is 5.91 Å². The molecule has 1 amide bonds. The Bertz CT molecular complexity index is 544. The average Bonchev–Trinajstić information content (AvgIpc) is 2.53. The molecular weight excluding hydrogens is 291 g/mol. The number of likely N-dealkylation sites (tertiary alicyclic amines) is 2. The number of rotatable bonds is 2. The van der Waals surface area contributed by atoms with E-state index in [9.17, 15) is 9.18 Å². The Morgan fingerprint density at radius 1 is 1.17 bits per heavy atom. The summed E-state index contributed by atoms with van der Waals surface area (Å²) in [6, 6.07) is 6.71. The van der Waals surface area contributed by atoms with Gasteiger partial charge in [0.2, 0.25) is 0 Å². The average molecular weight is 319 g/mol. The summed E-state index contributed by atoms with van der Waals surface area (Å²) in [5.74, 6) is 1.24. The van der Waals surface area contributed by atoms with Crippen molar-refractivity contribution in [2.24, 2.45) is 11.8 Å². The Morgan fingerprint density at radius 2 is 1.83 bits per heavy atom. The van der Waals surface area contributed by atoms with Gasteiger partial charge in [-0.05, 0) is 24.6 Å². The van der Waals surface area contributed by atoms with Gasteiger partial charge in [-0.1, -0.05) is 19.9 Å². The molecule has 23 heavy (non-hydrogen) atoms. The second-order valence-electron chi connectivity index (χ2n) is 7.59. The van der Waals surface area contributed by atoms with Crippen molar-refractivity contribution in [3.63, 3.8) is 0 Å². The Kier molecular flexibility index (Phi) is 5.00. The van der Waals surface area contributed by atoms with Crippen LogP contribution in [0.15, 0.2) is 24.3 Å². The standard InChI is InChI=1S/C19H27FN2O/c1-14-10-15(2)13-22(12-14)18-6-8-21(9-7-18)19(23)16-4-3-5-17(20)11-16/h3-5,11,14-15,18H,6-10,12-13H2,1-2H3/p+1/t14-,15-/m0/s1. The summed E-state index contributed by atoms with van der Waals surface area (Å²) >= 11 is 0. The molecule has 0 spiro atoms. The summed E-state index contributed by atoms with van der Waals surface area (Å²) in [6.07, 6.45) is 3.48. The van der Waals surface area contributed by atoms with Crippen LogP contribution in [0.1, 0.15) is 43.5 Å². The lowest BCUT2D eigenvalue weighted by atomic mass is 9.89. The number of quaternary nitrogens is 1. The van der Waals surface area contributed by atoms with Gasteiger partial charge >= 0.3 is 0 Å². The molecule has 0 bridgehead atoms. The van der Waals surface area contributed by atoms with Crippen LogP contribution in [0.4, 0.5) is 4.39 Å². The number of nitrogens with zero attached hydrogens (tertiary/aromatic N) is 1. The topological polar surface area (TPSA) is 24.8 Å². The van der Waals surface area contributed by atoms with Crippen molar-refractivity contribution in [1.82, 2.24) is 4.90 Å². The molecule has 2 fully saturated rings. The van der Waals surface area contributed by atoms with E-state index < -0.39 is 0 Å². The lowest BCUT2D eigenvalue weighted by molar-refractivity contribution is -0.938. The molecule has 2 atom stereocenters. The van der Waals surface area contributed by atoms with Crippen LogP contribution >= 0.6 is 0 Å². The molecule has 2 saturated heterocycles. The highest BCUT2D eigenvalue weighted by atomic mass is 19.1.